The molecule has 1 aromatic heterocycles. The summed E-state index contributed by atoms with van der Waals surface area (Å²) >= 11 is 6.95. The molecule has 0 amide bonds. The number of hydrogen-bond donors (Lipinski definition) is 0. The Bertz CT molecular complexity index is 405. The summed E-state index contributed by atoms with van der Waals surface area (Å²) in [7, 11) is 1.34. The van der Waals surface area contributed by atoms with Crippen molar-refractivity contribution >= 4 is 29.1 Å². The fourth-order valence-electron chi connectivity index (χ4n) is 1.02. The molecule has 0 N–H and O–H groups in total. The zero-order valence-corrected chi connectivity index (χ0v) is 11.0. The van der Waals surface area contributed by atoms with E-state index in [1.165, 1.54) is 25.2 Å². The second kappa shape index (κ2) is 6.61. The fraction of sp³-hybridized carbons (Fsp3) is 0.556. The van der Waals surface area contributed by atoms with Crippen LogP contribution in [-0.4, -0.2) is 33.6 Å². The molecule has 0 aliphatic carbocycles. The molecule has 1 heterocycles. The highest BCUT2D eigenvalue weighted by Crippen LogP contribution is 2.34. The number of thioether (sulfide) groups is 1. The minimum atomic E-state index is -0.535. The van der Waals surface area contributed by atoms with Crippen molar-refractivity contribution in [2.24, 2.45) is 5.92 Å². The lowest BCUT2D eigenvalue weighted by Gasteiger charge is -2.07. The van der Waals surface area contributed by atoms with Gasteiger partial charge in [0.25, 0.3) is 5.88 Å². The second-order valence-corrected chi connectivity index (χ2v) is 4.68. The molecule has 0 aromatic carbocycles. The molecule has 8 heteroatoms. The summed E-state index contributed by atoms with van der Waals surface area (Å²) in [5.74, 6) is 1.39. The number of aromatic nitrogens is 2. The van der Waals surface area contributed by atoms with E-state index in [0.29, 0.717) is 16.7 Å². The Balaban J connectivity index is 2.94. The van der Waals surface area contributed by atoms with E-state index in [4.69, 9.17) is 16.3 Å². The summed E-state index contributed by atoms with van der Waals surface area (Å²) in [6.07, 6.45) is 1.25. The van der Waals surface area contributed by atoms with Crippen molar-refractivity contribution in [3.8, 4) is 5.88 Å². The van der Waals surface area contributed by atoms with E-state index < -0.39 is 4.92 Å². The van der Waals surface area contributed by atoms with E-state index in [1.807, 2.05) is 6.92 Å². The Labute approximate surface area is 108 Å². The molecule has 0 spiro atoms. The van der Waals surface area contributed by atoms with Crippen LogP contribution in [-0.2, 0) is 0 Å². The molecule has 0 aliphatic rings. The van der Waals surface area contributed by atoms with Crippen LogP contribution in [0.2, 0.25) is 0 Å². The van der Waals surface area contributed by atoms with Gasteiger partial charge in [-0.1, -0.05) is 18.7 Å². The third-order valence-electron chi connectivity index (χ3n) is 1.90. The molecule has 1 atom stereocenters. The molecular weight excluding hydrogens is 266 g/mol. The predicted molar refractivity (Wildman–Crippen MR) is 65.8 cm³/mol. The van der Waals surface area contributed by atoms with Crippen LogP contribution in [0.3, 0.4) is 0 Å². The molecule has 94 valence electrons. The van der Waals surface area contributed by atoms with E-state index in [9.17, 15) is 10.1 Å². The first-order chi connectivity index (χ1) is 8.10. The number of rotatable bonds is 6. The van der Waals surface area contributed by atoms with Gasteiger partial charge in [0.15, 0.2) is 5.03 Å². The highest BCUT2D eigenvalue weighted by molar-refractivity contribution is 7.99. The van der Waals surface area contributed by atoms with E-state index in [1.54, 1.807) is 0 Å². The maximum Gasteiger partial charge on any atom is 0.362 e. The SMILES string of the molecule is COc1ncnc(SCC(C)CCl)c1[N+](=O)[O-]. The summed E-state index contributed by atoms with van der Waals surface area (Å²) in [6.45, 7) is 1.96. The summed E-state index contributed by atoms with van der Waals surface area (Å²) < 4.78 is 4.85. The van der Waals surface area contributed by atoms with Gasteiger partial charge in [0.1, 0.15) is 6.33 Å². The average Bonchev–Trinajstić information content (AvgIpc) is 2.34. The fourth-order valence-corrected chi connectivity index (χ4v) is 2.24. The first-order valence-electron chi connectivity index (χ1n) is 4.82. The minimum Gasteiger partial charge on any atom is -0.476 e. The van der Waals surface area contributed by atoms with Gasteiger partial charge in [-0.05, 0) is 5.92 Å². The minimum absolute atomic E-state index is 0.0222. The Morgan fingerprint density at radius 2 is 2.35 bits per heavy atom. The standard InChI is InChI=1S/C9H12ClN3O3S/c1-6(3-10)4-17-9-7(13(14)15)8(16-2)11-5-12-9/h5-6H,3-4H2,1-2H3. The predicted octanol–water partition coefficient (Wildman–Crippen LogP) is 2.36. The van der Waals surface area contributed by atoms with E-state index in [2.05, 4.69) is 9.97 Å². The molecule has 0 bridgehead atoms. The van der Waals surface area contributed by atoms with Crippen molar-refractivity contribution in [2.75, 3.05) is 18.7 Å². The molecule has 1 rings (SSSR count). The zero-order chi connectivity index (χ0) is 12.8. The van der Waals surface area contributed by atoms with Crippen LogP contribution in [0.5, 0.6) is 5.88 Å². The molecule has 0 saturated carbocycles. The number of ether oxygens (including phenoxy) is 1. The van der Waals surface area contributed by atoms with Crippen molar-refractivity contribution in [1.29, 1.82) is 0 Å². The first kappa shape index (κ1) is 14.0. The Kier molecular flexibility index (Phi) is 5.43. The van der Waals surface area contributed by atoms with E-state index in [0.717, 1.165) is 0 Å². The summed E-state index contributed by atoms with van der Waals surface area (Å²) in [4.78, 5) is 18.0. The zero-order valence-electron chi connectivity index (χ0n) is 9.42. The van der Waals surface area contributed by atoms with Crippen LogP contribution >= 0.6 is 23.4 Å². The first-order valence-corrected chi connectivity index (χ1v) is 6.34. The van der Waals surface area contributed by atoms with Crippen molar-refractivity contribution in [3.63, 3.8) is 0 Å². The smallest absolute Gasteiger partial charge is 0.362 e. The molecule has 0 aliphatic heterocycles. The van der Waals surface area contributed by atoms with E-state index in [-0.39, 0.29) is 17.5 Å². The molecule has 0 saturated heterocycles. The lowest BCUT2D eigenvalue weighted by atomic mass is 10.3. The third-order valence-corrected chi connectivity index (χ3v) is 3.73. The van der Waals surface area contributed by atoms with Gasteiger partial charge in [-0.2, -0.15) is 4.98 Å². The maximum absolute atomic E-state index is 10.9. The molecule has 0 radical (unpaired) electrons. The number of nitro groups is 1. The Morgan fingerprint density at radius 1 is 1.65 bits per heavy atom. The molecule has 0 fully saturated rings. The summed E-state index contributed by atoms with van der Waals surface area (Å²) in [5, 5.41) is 11.2. The number of alkyl halides is 1. The summed E-state index contributed by atoms with van der Waals surface area (Å²) in [5.41, 5.74) is -0.193. The quantitative estimate of drug-likeness (QED) is 0.261. The van der Waals surface area contributed by atoms with Gasteiger partial charge in [-0.15, -0.1) is 11.6 Å². The van der Waals surface area contributed by atoms with Gasteiger partial charge in [0.2, 0.25) is 0 Å². The van der Waals surface area contributed by atoms with Crippen LogP contribution in [0, 0.1) is 16.0 Å². The van der Waals surface area contributed by atoms with Crippen molar-refractivity contribution < 1.29 is 9.66 Å². The normalized spacial score (nSPS) is 12.2. The van der Waals surface area contributed by atoms with Gasteiger partial charge < -0.3 is 4.74 Å². The van der Waals surface area contributed by atoms with Crippen LogP contribution in [0.15, 0.2) is 11.4 Å². The third kappa shape index (κ3) is 3.71. The lowest BCUT2D eigenvalue weighted by molar-refractivity contribution is -0.389. The largest absolute Gasteiger partial charge is 0.476 e. The number of nitrogens with zero attached hydrogens (tertiary/aromatic N) is 3. The van der Waals surface area contributed by atoms with Gasteiger partial charge >= 0.3 is 5.69 Å². The van der Waals surface area contributed by atoms with Crippen LogP contribution in [0.4, 0.5) is 5.69 Å². The number of methoxy groups -OCH3 is 1. The average molecular weight is 278 g/mol. The molecular formula is C9H12ClN3O3S. The second-order valence-electron chi connectivity index (χ2n) is 3.36. The van der Waals surface area contributed by atoms with Crippen molar-refractivity contribution in [2.45, 2.75) is 11.9 Å². The highest BCUT2D eigenvalue weighted by Gasteiger charge is 2.24. The van der Waals surface area contributed by atoms with Crippen molar-refractivity contribution in [1.82, 2.24) is 9.97 Å². The number of halogens is 1. The Hall–Kier alpha value is -1.08. The van der Waals surface area contributed by atoms with Crippen molar-refractivity contribution in [3.05, 3.63) is 16.4 Å². The molecule has 1 unspecified atom stereocenters. The van der Waals surface area contributed by atoms with Crippen LogP contribution in [0.25, 0.3) is 0 Å². The number of hydrogen-bond acceptors (Lipinski definition) is 6. The van der Waals surface area contributed by atoms with Gasteiger partial charge in [-0.3, -0.25) is 10.1 Å². The Morgan fingerprint density at radius 3 is 2.88 bits per heavy atom. The van der Waals surface area contributed by atoms with Crippen LogP contribution < -0.4 is 4.74 Å². The van der Waals surface area contributed by atoms with E-state index >= 15 is 0 Å². The highest BCUT2D eigenvalue weighted by atomic mass is 35.5. The lowest BCUT2D eigenvalue weighted by Crippen LogP contribution is -2.03. The molecule has 1 aromatic rings. The van der Waals surface area contributed by atoms with Gasteiger partial charge in [0.05, 0.1) is 12.0 Å². The monoisotopic (exact) mass is 277 g/mol. The molecule has 17 heavy (non-hydrogen) atoms. The van der Waals surface area contributed by atoms with Gasteiger partial charge in [0, 0.05) is 11.6 Å². The van der Waals surface area contributed by atoms with Crippen LogP contribution in [0.1, 0.15) is 6.92 Å². The maximum atomic E-state index is 10.9. The van der Waals surface area contributed by atoms with Gasteiger partial charge in [-0.25, -0.2) is 4.98 Å². The summed E-state index contributed by atoms with van der Waals surface area (Å²) in [6, 6.07) is 0. The molecule has 6 nitrogen and oxygen atoms in total. The topological polar surface area (TPSA) is 78.2 Å².